The predicted octanol–water partition coefficient (Wildman–Crippen LogP) is 4.40. The highest BCUT2D eigenvalue weighted by Crippen LogP contribution is 2.04. The van der Waals surface area contributed by atoms with Crippen LogP contribution in [-0.4, -0.2) is 0 Å². The van der Waals surface area contributed by atoms with E-state index in [1.54, 1.807) is 0 Å². The van der Waals surface area contributed by atoms with Gasteiger partial charge in [-0.15, -0.1) is 11.8 Å². The Morgan fingerprint density at radius 2 is 1.62 bits per heavy atom. The van der Waals surface area contributed by atoms with Gasteiger partial charge in [0.1, 0.15) is 0 Å². The molecular weight excluding hydrogens is 156 g/mol. The minimum absolute atomic E-state index is 0.729. The third-order valence-electron chi connectivity index (χ3n) is 2.04. The molecule has 0 aliphatic rings. The average Bonchev–Trinajstić information content (AvgIpc) is 2.09. The van der Waals surface area contributed by atoms with Crippen molar-refractivity contribution < 1.29 is 0 Å². The number of unbranched alkanes of at least 4 members (excludes halogenated alkanes) is 5. The van der Waals surface area contributed by atoms with Crippen LogP contribution in [0.15, 0.2) is 0 Å². The zero-order valence-corrected chi connectivity index (χ0v) is 9.53. The number of hydrogen-bond acceptors (Lipinski definition) is 0. The van der Waals surface area contributed by atoms with Crippen LogP contribution >= 0.6 is 0 Å². The second-order valence-corrected chi connectivity index (χ2v) is 4.12. The molecule has 0 aliphatic heterocycles. The van der Waals surface area contributed by atoms with E-state index in [2.05, 4.69) is 32.6 Å². The molecule has 0 amide bonds. The summed E-state index contributed by atoms with van der Waals surface area (Å²) in [4.78, 5) is 0. The summed E-state index contributed by atoms with van der Waals surface area (Å²) in [6.45, 7) is 6.69. The van der Waals surface area contributed by atoms with Crippen LogP contribution in [0.1, 0.15) is 65.7 Å². The van der Waals surface area contributed by atoms with Gasteiger partial charge in [0.15, 0.2) is 0 Å². The van der Waals surface area contributed by atoms with Crippen molar-refractivity contribution in [3.63, 3.8) is 0 Å². The highest BCUT2D eigenvalue weighted by molar-refractivity contribution is 4.98. The largest absolute Gasteiger partial charge is 0.103 e. The predicted molar refractivity (Wildman–Crippen MR) is 60.6 cm³/mol. The topological polar surface area (TPSA) is 0 Å². The van der Waals surface area contributed by atoms with E-state index in [9.17, 15) is 0 Å². The maximum absolute atomic E-state index is 3.24. The van der Waals surface area contributed by atoms with Crippen molar-refractivity contribution in [2.45, 2.75) is 65.7 Å². The van der Waals surface area contributed by atoms with Crippen LogP contribution in [-0.2, 0) is 0 Å². The van der Waals surface area contributed by atoms with E-state index >= 15 is 0 Å². The fourth-order valence-corrected chi connectivity index (χ4v) is 1.18. The zero-order chi connectivity index (χ0) is 9.94. The molecule has 0 unspecified atom stereocenters. The van der Waals surface area contributed by atoms with Crippen LogP contribution < -0.4 is 0 Å². The minimum Gasteiger partial charge on any atom is -0.103 e. The van der Waals surface area contributed by atoms with Gasteiger partial charge in [-0.25, -0.2) is 0 Å². The van der Waals surface area contributed by atoms with Crippen molar-refractivity contribution in [1.82, 2.24) is 0 Å². The van der Waals surface area contributed by atoms with Crippen molar-refractivity contribution in [3.8, 4) is 11.8 Å². The molecule has 0 aromatic rings. The molecule has 0 fully saturated rings. The first-order valence-electron chi connectivity index (χ1n) is 5.73. The summed E-state index contributed by atoms with van der Waals surface area (Å²) in [6.07, 6.45) is 8.95. The molecule has 0 bridgehead atoms. The first kappa shape index (κ1) is 12.6. The summed E-state index contributed by atoms with van der Waals surface area (Å²) >= 11 is 0. The second-order valence-electron chi connectivity index (χ2n) is 4.12. The molecule has 0 heteroatoms. The van der Waals surface area contributed by atoms with Crippen LogP contribution in [0.5, 0.6) is 0 Å². The smallest absolute Gasteiger partial charge is 0.0112 e. The minimum atomic E-state index is 0.729. The normalized spacial score (nSPS) is 9.85. The quantitative estimate of drug-likeness (QED) is 0.420. The summed E-state index contributed by atoms with van der Waals surface area (Å²) in [5.74, 6) is 7.20. The molecule has 0 radical (unpaired) electrons. The van der Waals surface area contributed by atoms with Gasteiger partial charge in [-0.3, -0.25) is 0 Å². The van der Waals surface area contributed by atoms with E-state index in [0.717, 1.165) is 18.8 Å². The maximum atomic E-state index is 3.24. The molecule has 76 valence electrons. The lowest BCUT2D eigenvalue weighted by Crippen LogP contribution is -1.82. The van der Waals surface area contributed by atoms with Crippen molar-refractivity contribution >= 4 is 0 Å². The van der Waals surface area contributed by atoms with Crippen LogP contribution in [0.3, 0.4) is 0 Å². The SMILES string of the molecule is CCCCCCCC#CCC(C)C. The summed E-state index contributed by atoms with van der Waals surface area (Å²) in [5, 5.41) is 0. The highest BCUT2D eigenvalue weighted by atomic mass is 13.9. The molecule has 0 aliphatic carbocycles. The van der Waals surface area contributed by atoms with Crippen LogP contribution in [0.2, 0.25) is 0 Å². The number of rotatable bonds is 6. The van der Waals surface area contributed by atoms with E-state index in [1.165, 1.54) is 32.1 Å². The molecule has 13 heavy (non-hydrogen) atoms. The Balaban J connectivity index is 3.09. The Labute approximate surface area is 84.1 Å². The van der Waals surface area contributed by atoms with Gasteiger partial charge in [0.25, 0.3) is 0 Å². The Kier molecular flexibility index (Phi) is 9.32. The monoisotopic (exact) mass is 180 g/mol. The zero-order valence-electron chi connectivity index (χ0n) is 9.53. The lowest BCUT2D eigenvalue weighted by molar-refractivity contribution is 0.640. The Morgan fingerprint density at radius 3 is 2.23 bits per heavy atom. The molecule has 0 aromatic heterocycles. The van der Waals surface area contributed by atoms with Crippen molar-refractivity contribution in [3.05, 3.63) is 0 Å². The lowest BCUT2D eigenvalue weighted by Gasteiger charge is -1.95. The van der Waals surface area contributed by atoms with Crippen LogP contribution in [0, 0.1) is 17.8 Å². The van der Waals surface area contributed by atoms with Gasteiger partial charge < -0.3 is 0 Å². The van der Waals surface area contributed by atoms with Crippen LogP contribution in [0.25, 0.3) is 0 Å². The maximum Gasteiger partial charge on any atom is 0.0112 e. The standard InChI is InChI=1S/C13H24/c1-4-5-6-7-8-9-10-11-12-13(2)3/h13H,4-9,12H2,1-3H3. The molecule has 0 spiro atoms. The van der Waals surface area contributed by atoms with E-state index < -0.39 is 0 Å². The van der Waals surface area contributed by atoms with E-state index in [1.807, 2.05) is 0 Å². The molecular formula is C13H24. The van der Waals surface area contributed by atoms with Gasteiger partial charge >= 0.3 is 0 Å². The lowest BCUT2D eigenvalue weighted by atomic mass is 10.1. The molecule has 0 N–H and O–H groups in total. The second kappa shape index (κ2) is 9.65. The number of hydrogen-bond donors (Lipinski definition) is 0. The van der Waals surface area contributed by atoms with E-state index in [0.29, 0.717) is 0 Å². The third-order valence-corrected chi connectivity index (χ3v) is 2.04. The van der Waals surface area contributed by atoms with E-state index in [4.69, 9.17) is 0 Å². The molecule has 0 atom stereocenters. The van der Waals surface area contributed by atoms with Gasteiger partial charge in [0.05, 0.1) is 0 Å². The average molecular weight is 180 g/mol. The Hall–Kier alpha value is -0.440. The van der Waals surface area contributed by atoms with Gasteiger partial charge in [0.2, 0.25) is 0 Å². The first-order chi connectivity index (χ1) is 6.27. The molecule has 0 heterocycles. The molecule has 0 saturated carbocycles. The Bertz CT molecular complexity index is 145. The fourth-order valence-electron chi connectivity index (χ4n) is 1.18. The Morgan fingerprint density at radius 1 is 0.923 bits per heavy atom. The van der Waals surface area contributed by atoms with Crippen molar-refractivity contribution in [2.75, 3.05) is 0 Å². The van der Waals surface area contributed by atoms with Gasteiger partial charge in [-0.2, -0.15) is 0 Å². The molecule has 0 rings (SSSR count). The molecule has 0 nitrogen and oxygen atoms in total. The fraction of sp³-hybridized carbons (Fsp3) is 0.846. The summed E-state index contributed by atoms with van der Waals surface area (Å²) < 4.78 is 0. The third kappa shape index (κ3) is 11.6. The highest BCUT2D eigenvalue weighted by Gasteiger charge is 1.87. The van der Waals surface area contributed by atoms with Gasteiger partial charge in [0, 0.05) is 12.8 Å². The van der Waals surface area contributed by atoms with Gasteiger partial charge in [-0.05, 0) is 12.3 Å². The summed E-state index contributed by atoms with van der Waals surface area (Å²) in [5.41, 5.74) is 0. The van der Waals surface area contributed by atoms with Crippen molar-refractivity contribution in [2.24, 2.45) is 5.92 Å². The summed E-state index contributed by atoms with van der Waals surface area (Å²) in [6, 6.07) is 0. The van der Waals surface area contributed by atoms with E-state index in [-0.39, 0.29) is 0 Å². The van der Waals surface area contributed by atoms with Crippen molar-refractivity contribution in [1.29, 1.82) is 0 Å². The molecule has 0 saturated heterocycles. The molecule has 0 aromatic carbocycles. The van der Waals surface area contributed by atoms with Gasteiger partial charge in [-0.1, -0.05) is 46.5 Å². The van der Waals surface area contributed by atoms with Crippen LogP contribution in [0.4, 0.5) is 0 Å². The first-order valence-corrected chi connectivity index (χ1v) is 5.73. The summed E-state index contributed by atoms with van der Waals surface area (Å²) in [7, 11) is 0.